The van der Waals surface area contributed by atoms with E-state index in [1.807, 2.05) is 29.2 Å². The zero-order valence-electron chi connectivity index (χ0n) is 10.7. The van der Waals surface area contributed by atoms with E-state index >= 15 is 0 Å². The lowest BCUT2D eigenvalue weighted by molar-refractivity contribution is -0.117. The van der Waals surface area contributed by atoms with E-state index in [1.54, 1.807) is 0 Å². The van der Waals surface area contributed by atoms with E-state index in [0.717, 1.165) is 24.4 Å². The molecule has 1 amide bonds. The Morgan fingerprint density at radius 3 is 2.63 bits per heavy atom. The van der Waals surface area contributed by atoms with E-state index in [4.69, 9.17) is 15.2 Å². The van der Waals surface area contributed by atoms with Crippen molar-refractivity contribution in [3.8, 4) is 5.75 Å². The summed E-state index contributed by atoms with van der Waals surface area (Å²) in [6, 6.07) is 7.53. The highest BCUT2D eigenvalue weighted by Gasteiger charge is 2.27. The van der Waals surface area contributed by atoms with Gasteiger partial charge < -0.3 is 20.1 Å². The molecule has 2 fully saturated rings. The second-order valence-electron chi connectivity index (χ2n) is 5.00. The third-order valence-corrected chi connectivity index (χ3v) is 3.58. The number of nitrogens with zero attached hydrogens (tertiary/aromatic N) is 1. The van der Waals surface area contributed by atoms with Crippen molar-refractivity contribution in [2.45, 2.75) is 25.0 Å². The predicted molar refractivity (Wildman–Crippen MR) is 71.2 cm³/mol. The summed E-state index contributed by atoms with van der Waals surface area (Å²) in [5.41, 5.74) is 6.80. The average molecular weight is 262 g/mol. The molecule has 2 aliphatic rings. The number of anilines is 1. The maximum Gasteiger partial charge on any atom is 0.227 e. The summed E-state index contributed by atoms with van der Waals surface area (Å²) in [5.74, 6) is 0.959. The van der Waals surface area contributed by atoms with Crippen LogP contribution in [0.1, 0.15) is 12.8 Å². The number of hydrogen-bond donors (Lipinski definition) is 1. The molecule has 2 saturated heterocycles. The van der Waals surface area contributed by atoms with Crippen LogP contribution in [0, 0.1) is 0 Å². The van der Waals surface area contributed by atoms with Gasteiger partial charge in [-0.2, -0.15) is 0 Å². The number of amides is 1. The second-order valence-corrected chi connectivity index (χ2v) is 5.00. The van der Waals surface area contributed by atoms with Crippen LogP contribution in [0.25, 0.3) is 0 Å². The largest absolute Gasteiger partial charge is 0.486 e. The highest BCUT2D eigenvalue weighted by Crippen LogP contribution is 2.25. The Balaban J connectivity index is 1.67. The van der Waals surface area contributed by atoms with Gasteiger partial charge in [0.25, 0.3) is 0 Å². The van der Waals surface area contributed by atoms with E-state index in [1.165, 1.54) is 0 Å². The monoisotopic (exact) mass is 262 g/mol. The smallest absolute Gasteiger partial charge is 0.227 e. The molecule has 5 heteroatoms. The van der Waals surface area contributed by atoms with Gasteiger partial charge >= 0.3 is 0 Å². The molecule has 0 aromatic heterocycles. The number of nitrogens with two attached hydrogens (primary N) is 1. The van der Waals surface area contributed by atoms with E-state index in [0.29, 0.717) is 19.6 Å². The highest BCUT2D eigenvalue weighted by molar-refractivity contribution is 5.95. The standard InChI is InChI=1S/C14H18N2O3/c15-12-8-18-9-13(12)19-11-5-3-10(4-6-11)16-7-1-2-14(16)17/h3-6,12-13H,1-2,7-9,15H2. The lowest BCUT2D eigenvalue weighted by Gasteiger charge is -2.18. The Hall–Kier alpha value is -1.59. The number of rotatable bonds is 3. The molecule has 5 nitrogen and oxygen atoms in total. The molecule has 1 aromatic carbocycles. The lowest BCUT2D eigenvalue weighted by atomic mass is 10.2. The lowest BCUT2D eigenvalue weighted by Crippen LogP contribution is -2.37. The fourth-order valence-electron chi connectivity index (χ4n) is 2.47. The SMILES string of the molecule is NC1COCC1Oc1ccc(N2CCCC2=O)cc1. The summed E-state index contributed by atoms with van der Waals surface area (Å²) < 4.78 is 11.0. The quantitative estimate of drug-likeness (QED) is 0.879. The topological polar surface area (TPSA) is 64.8 Å². The summed E-state index contributed by atoms with van der Waals surface area (Å²) in [6.07, 6.45) is 1.50. The summed E-state index contributed by atoms with van der Waals surface area (Å²) >= 11 is 0. The summed E-state index contributed by atoms with van der Waals surface area (Å²) in [4.78, 5) is 13.5. The van der Waals surface area contributed by atoms with Crippen molar-refractivity contribution in [3.05, 3.63) is 24.3 Å². The first-order chi connectivity index (χ1) is 9.24. The van der Waals surface area contributed by atoms with Crippen molar-refractivity contribution in [1.29, 1.82) is 0 Å². The van der Waals surface area contributed by atoms with E-state index in [2.05, 4.69) is 0 Å². The van der Waals surface area contributed by atoms with Gasteiger partial charge in [-0.1, -0.05) is 0 Å². The second kappa shape index (κ2) is 5.19. The van der Waals surface area contributed by atoms with Gasteiger partial charge in [0.05, 0.1) is 19.3 Å². The molecule has 2 atom stereocenters. The van der Waals surface area contributed by atoms with Crippen LogP contribution in [-0.4, -0.2) is 37.8 Å². The molecule has 0 spiro atoms. The summed E-state index contributed by atoms with van der Waals surface area (Å²) in [7, 11) is 0. The minimum Gasteiger partial charge on any atom is -0.486 e. The number of ether oxygens (including phenoxy) is 2. The molecular weight excluding hydrogens is 244 g/mol. The molecule has 2 unspecified atom stereocenters. The van der Waals surface area contributed by atoms with E-state index in [-0.39, 0.29) is 18.1 Å². The number of carbonyl (C=O) groups excluding carboxylic acids is 1. The van der Waals surface area contributed by atoms with Crippen LogP contribution in [0.2, 0.25) is 0 Å². The minimum absolute atomic E-state index is 0.0696. The molecule has 1 aromatic rings. The Labute approximate surface area is 112 Å². The van der Waals surface area contributed by atoms with Crippen LogP contribution >= 0.6 is 0 Å². The first-order valence-corrected chi connectivity index (χ1v) is 6.64. The van der Waals surface area contributed by atoms with Crippen LogP contribution in [0.3, 0.4) is 0 Å². The maximum atomic E-state index is 11.6. The first kappa shape index (κ1) is 12.4. The zero-order valence-corrected chi connectivity index (χ0v) is 10.7. The molecule has 19 heavy (non-hydrogen) atoms. The Kier molecular flexibility index (Phi) is 3.40. The molecule has 0 radical (unpaired) electrons. The Morgan fingerprint density at radius 1 is 1.26 bits per heavy atom. The molecular formula is C14H18N2O3. The van der Waals surface area contributed by atoms with Gasteiger partial charge in [0.2, 0.25) is 5.91 Å². The van der Waals surface area contributed by atoms with E-state index < -0.39 is 0 Å². The van der Waals surface area contributed by atoms with Gasteiger partial charge in [0.1, 0.15) is 11.9 Å². The van der Waals surface area contributed by atoms with Crippen LogP contribution in [0.15, 0.2) is 24.3 Å². The zero-order chi connectivity index (χ0) is 13.2. The van der Waals surface area contributed by atoms with Crippen molar-refractivity contribution < 1.29 is 14.3 Å². The fraction of sp³-hybridized carbons (Fsp3) is 0.500. The van der Waals surface area contributed by atoms with E-state index in [9.17, 15) is 4.79 Å². The molecule has 2 N–H and O–H groups in total. The van der Waals surface area contributed by atoms with Crippen molar-refractivity contribution in [2.24, 2.45) is 5.73 Å². The van der Waals surface area contributed by atoms with Gasteiger partial charge in [-0.25, -0.2) is 0 Å². The van der Waals surface area contributed by atoms with Crippen LogP contribution < -0.4 is 15.4 Å². The van der Waals surface area contributed by atoms with Crippen molar-refractivity contribution in [3.63, 3.8) is 0 Å². The van der Waals surface area contributed by atoms with Crippen LogP contribution in [0.5, 0.6) is 5.75 Å². The van der Waals surface area contributed by atoms with Crippen molar-refractivity contribution >= 4 is 11.6 Å². The third kappa shape index (κ3) is 2.57. The number of hydrogen-bond acceptors (Lipinski definition) is 4. The third-order valence-electron chi connectivity index (χ3n) is 3.58. The number of carbonyl (C=O) groups is 1. The summed E-state index contributed by atoms with van der Waals surface area (Å²) in [6.45, 7) is 1.89. The van der Waals surface area contributed by atoms with Gasteiger partial charge in [0.15, 0.2) is 0 Å². The molecule has 0 bridgehead atoms. The predicted octanol–water partition coefficient (Wildman–Crippen LogP) is 0.918. The average Bonchev–Trinajstić information content (AvgIpc) is 3.00. The van der Waals surface area contributed by atoms with Gasteiger partial charge in [0, 0.05) is 18.7 Å². The normalized spacial score (nSPS) is 27.0. The molecule has 2 heterocycles. The fourth-order valence-corrected chi connectivity index (χ4v) is 2.47. The maximum absolute atomic E-state index is 11.6. The number of benzene rings is 1. The van der Waals surface area contributed by atoms with Crippen molar-refractivity contribution in [2.75, 3.05) is 24.7 Å². The van der Waals surface area contributed by atoms with Gasteiger partial charge in [-0.05, 0) is 30.7 Å². The van der Waals surface area contributed by atoms with Gasteiger partial charge in [-0.15, -0.1) is 0 Å². The first-order valence-electron chi connectivity index (χ1n) is 6.64. The molecule has 2 aliphatic heterocycles. The van der Waals surface area contributed by atoms with Gasteiger partial charge in [-0.3, -0.25) is 4.79 Å². The molecule has 102 valence electrons. The van der Waals surface area contributed by atoms with Crippen molar-refractivity contribution in [1.82, 2.24) is 0 Å². The minimum atomic E-state index is -0.0840. The molecule has 0 saturated carbocycles. The molecule has 0 aliphatic carbocycles. The Bertz CT molecular complexity index is 460. The highest BCUT2D eigenvalue weighted by atomic mass is 16.5. The molecule has 3 rings (SSSR count). The van der Waals surface area contributed by atoms with Crippen LogP contribution in [0.4, 0.5) is 5.69 Å². The van der Waals surface area contributed by atoms with Crippen LogP contribution in [-0.2, 0) is 9.53 Å². The Morgan fingerprint density at radius 2 is 2.05 bits per heavy atom. The summed E-state index contributed by atoms with van der Waals surface area (Å²) in [5, 5.41) is 0.